The number of nitrogens with zero attached hydrogens (tertiary/aromatic N) is 2. The Morgan fingerprint density at radius 1 is 1.04 bits per heavy atom. The highest BCUT2D eigenvalue weighted by atomic mass is 16.5. The summed E-state index contributed by atoms with van der Waals surface area (Å²) in [4.78, 5) is 5.19. The van der Waals surface area contributed by atoms with Crippen LogP contribution in [-0.4, -0.2) is 60.8 Å². The highest BCUT2D eigenvalue weighted by Crippen LogP contribution is 2.42. The van der Waals surface area contributed by atoms with E-state index in [1.165, 1.54) is 56.3 Å². The quantitative estimate of drug-likeness (QED) is 0.843. The predicted octanol–water partition coefficient (Wildman–Crippen LogP) is 2.84. The van der Waals surface area contributed by atoms with Crippen molar-refractivity contribution in [1.82, 2.24) is 9.80 Å². The van der Waals surface area contributed by atoms with Crippen molar-refractivity contribution in [3.8, 4) is 5.75 Å². The molecule has 0 N–H and O–H groups in total. The van der Waals surface area contributed by atoms with Gasteiger partial charge in [0.05, 0.1) is 13.2 Å². The number of piperidine rings is 1. The molecule has 4 aliphatic rings. The highest BCUT2D eigenvalue weighted by Gasteiger charge is 2.43. The Morgan fingerprint density at radius 3 is 2.56 bits per heavy atom. The van der Waals surface area contributed by atoms with E-state index < -0.39 is 0 Å². The van der Waals surface area contributed by atoms with Crippen molar-refractivity contribution in [2.75, 3.05) is 39.4 Å². The van der Waals surface area contributed by atoms with E-state index in [4.69, 9.17) is 9.47 Å². The van der Waals surface area contributed by atoms with E-state index in [0.29, 0.717) is 0 Å². The fraction of sp³-hybridized carbons (Fsp3) is 0.714. The Hall–Kier alpha value is -1.10. The lowest BCUT2D eigenvalue weighted by Crippen LogP contribution is -2.52. The number of benzene rings is 1. The van der Waals surface area contributed by atoms with Crippen molar-refractivity contribution in [1.29, 1.82) is 0 Å². The molecular formula is C21H30N2O2. The molecule has 1 aliphatic carbocycles. The largest absolute Gasteiger partial charge is 0.487 e. The zero-order chi connectivity index (χ0) is 16.7. The summed E-state index contributed by atoms with van der Waals surface area (Å²) in [6, 6.07) is 7.80. The van der Waals surface area contributed by atoms with E-state index in [1.807, 2.05) is 0 Å². The molecule has 3 heterocycles. The third-order valence-electron chi connectivity index (χ3n) is 6.78. The van der Waals surface area contributed by atoms with Gasteiger partial charge >= 0.3 is 0 Å². The molecule has 1 aromatic carbocycles. The molecule has 1 saturated carbocycles. The van der Waals surface area contributed by atoms with Gasteiger partial charge < -0.3 is 14.4 Å². The van der Waals surface area contributed by atoms with Crippen molar-refractivity contribution < 1.29 is 9.47 Å². The van der Waals surface area contributed by atoms with Crippen molar-refractivity contribution in [2.24, 2.45) is 0 Å². The molecule has 0 unspecified atom stereocenters. The van der Waals surface area contributed by atoms with Crippen LogP contribution in [0.1, 0.15) is 43.2 Å². The van der Waals surface area contributed by atoms with Gasteiger partial charge in [-0.2, -0.15) is 0 Å². The zero-order valence-corrected chi connectivity index (χ0v) is 15.2. The number of morpholine rings is 1. The third-order valence-corrected chi connectivity index (χ3v) is 6.78. The van der Waals surface area contributed by atoms with Crippen LogP contribution in [0.25, 0.3) is 0 Å². The maximum atomic E-state index is 6.58. The first kappa shape index (κ1) is 16.1. The fourth-order valence-electron chi connectivity index (χ4n) is 4.90. The molecular weight excluding hydrogens is 312 g/mol. The first-order chi connectivity index (χ1) is 12.3. The minimum atomic E-state index is 0.0835. The lowest BCUT2D eigenvalue weighted by atomic mass is 9.84. The number of fused-ring (bicyclic) bond motifs is 1. The topological polar surface area (TPSA) is 24.9 Å². The average molecular weight is 342 g/mol. The number of hydrogen-bond acceptors (Lipinski definition) is 4. The second kappa shape index (κ2) is 6.57. The summed E-state index contributed by atoms with van der Waals surface area (Å²) in [5, 5.41) is 0. The number of rotatable bonds is 3. The van der Waals surface area contributed by atoms with E-state index in [2.05, 4.69) is 28.0 Å². The van der Waals surface area contributed by atoms with Crippen LogP contribution >= 0.6 is 0 Å². The first-order valence-corrected chi connectivity index (χ1v) is 10.1. The molecule has 1 aromatic rings. The van der Waals surface area contributed by atoms with E-state index in [0.717, 1.165) is 51.1 Å². The summed E-state index contributed by atoms with van der Waals surface area (Å²) in [5.41, 5.74) is 2.88. The third kappa shape index (κ3) is 3.20. The molecule has 4 nitrogen and oxygen atoms in total. The van der Waals surface area contributed by atoms with E-state index in [1.54, 1.807) is 0 Å². The van der Waals surface area contributed by atoms with Gasteiger partial charge in [0.1, 0.15) is 11.4 Å². The second-order valence-electron chi connectivity index (χ2n) is 8.41. The molecule has 136 valence electrons. The highest BCUT2D eigenvalue weighted by molar-refractivity contribution is 5.42. The second-order valence-corrected chi connectivity index (χ2v) is 8.41. The minimum Gasteiger partial charge on any atom is -0.487 e. The lowest BCUT2D eigenvalue weighted by molar-refractivity contribution is -0.00753. The molecule has 3 aliphatic heterocycles. The Bertz CT molecular complexity index is 614. The molecule has 4 heteroatoms. The minimum absolute atomic E-state index is 0.0835. The van der Waals surface area contributed by atoms with Crippen LogP contribution in [0.2, 0.25) is 0 Å². The first-order valence-electron chi connectivity index (χ1n) is 10.1. The van der Waals surface area contributed by atoms with E-state index in [9.17, 15) is 0 Å². The molecule has 3 fully saturated rings. The van der Waals surface area contributed by atoms with Gasteiger partial charge in [-0.3, -0.25) is 4.90 Å². The Kier molecular flexibility index (Phi) is 4.23. The summed E-state index contributed by atoms with van der Waals surface area (Å²) < 4.78 is 12.0. The Labute approximate surface area is 151 Å². The molecule has 0 aromatic heterocycles. The van der Waals surface area contributed by atoms with Gasteiger partial charge in [0.15, 0.2) is 0 Å². The van der Waals surface area contributed by atoms with Crippen LogP contribution in [0.3, 0.4) is 0 Å². The van der Waals surface area contributed by atoms with Crippen molar-refractivity contribution in [2.45, 2.75) is 56.7 Å². The standard InChI is InChI=1S/C21H30N2O2/c1-2-19(3-1)23-8-6-21(7-9-23)15-18-5-4-17(14-20(18)25-21)16-22-10-12-24-13-11-22/h4-5,14,19H,1-3,6-13,15-16H2. The molecule has 2 saturated heterocycles. The number of ether oxygens (including phenoxy) is 2. The van der Waals surface area contributed by atoms with Crippen molar-refractivity contribution >= 4 is 0 Å². The summed E-state index contributed by atoms with van der Waals surface area (Å²) in [7, 11) is 0. The number of likely N-dealkylation sites (tertiary alicyclic amines) is 1. The normalized spacial score (nSPS) is 27.0. The monoisotopic (exact) mass is 342 g/mol. The van der Waals surface area contributed by atoms with E-state index >= 15 is 0 Å². The van der Waals surface area contributed by atoms with E-state index in [-0.39, 0.29) is 5.60 Å². The predicted molar refractivity (Wildman–Crippen MR) is 98.0 cm³/mol. The Morgan fingerprint density at radius 2 is 1.84 bits per heavy atom. The van der Waals surface area contributed by atoms with Gasteiger partial charge in [-0.05, 0) is 30.0 Å². The molecule has 0 atom stereocenters. The van der Waals surface area contributed by atoms with Gasteiger partial charge in [-0.1, -0.05) is 18.6 Å². The molecule has 0 radical (unpaired) electrons. The van der Waals surface area contributed by atoms with Gasteiger partial charge in [-0.25, -0.2) is 0 Å². The molecule has 0 amide bonds. The van der Waals surface area contributed by atoms with Crippen molar-refractivity contribution in [3.63, 3.8) is 0 Å². The van der Waals surface area contributed by atoms with Gasteiger partial charge in [0.25, 0.3) is 0 Å². The van der Waals surface area contributed by atoms with Gasteiger partial charge in [0, 0.05) is 58.0 Å². The van der Waals surface area contributed by atoms with Gasteiger partial charge in [-0.15, -0.1) is 0 Å². The molecule has 0 bridgehead atoms. The average Bonchev–Trinajstić information content (AvgIpc) is 2.94. The summed E-state index contributed by atoms with van der Waals surface area (Å²) >= 11 is 0. The Balaban J connectivity index is 1.23. The smallest absolute Gasteiger partial charge is 0.123 e. The SMILES string of the molecule is c1cc2c(cc1CN1CCOCC1)OC1(CCN(C3CCC3)CC1)C2. The molecule has 25 heavy (non-hydrogen) atoms. The number of hydrogen-bond donors (Lipinski definition) is 0. The lowest BCUT2D eigenvalue weighted by Gasteiger charge is -2.45. The summed E-state index contributed by atoms with van der Waals surface area (Å²) in [5.74, 6) is 1.16. The van der Waals surface area contributed by atoms with Crippen LogP contribution < -0.4 is 4.74 Å². The molecule has 5 rings (SSSR count). The summed E-state index contributed by atoms with van der Waals surface area (Å²) in [6.45, 7) is 7.27. The van der Waals surface area contributed by atoms with Gasteiger partial charge in [0.2, 0.25) is 0 Å². The maximum absolute atomic E-state index is 6.58. The fourth-order valence-corrected chi connectivity index (χ4v) is 4.90. The van der Waals surface area contributed by atoms with Crippen LogP contribution in [0.4, 0.5) is 0 Å². The maximum Gasteiger partial charge on any atom is 0.123 e. The van der Waals surface area contributed by atoms with Crippen LogP contribution in [0.5, 0.6) is 5.75 Å². The summed E-state index contributed by atoms with van der Waals surface area (Å²) in [6.07, 6.45) is 7.75. The van der Waals surface area contributed by atoms with Crippen molar-refractivity contribution in [3.05, 3.63) is 29.3 Å². The van der Waals surface area contributed by atoms with Crippen LogP contribution in [0, 0.1) is 0 Å². The van der Waals surface area contributed by atoms with Crippen LogP contribution in [0.15, 0.2) is 18.2 Å². The zero-order valence-electron chi connectivity index (χ0n) is 15.2. The molecule has 1 spiro atoms. The van der Waals surface area contributed by atoms with Crippen LogP contribution in [-0.2, 0) is 17.7 Å².